The van der Waals surface area contributed by atoms with Crippen molar-refractivity contribution in [3.05, 3.63) is 83.2 Å². The van der Waals surface area contributed by atoms with Gasteiger partial charge in [0.25, 0.3) is 10.0 Å². The lowest BCUT2D eigenvalue weighted by Crippen LogP contribution is -2.17. The van der Waals surface area contributed by atoms with Gasteiger partial charge in [-0.3, -0.25) is 9.52 Å². The number of ketones is 1. The van der Waals surface area contributed by atoms with Crippen molar-refractivity contribution >= 4 is 44.2 Å². The van der Waals surface area contributed by atoms with Crippen LogP contribution in [0.1, 0.15) is 30.0 Å². The maximum atomic E-state index is 13.1. The molecule has 164 valence electrons. The van der Waals surface area contributed by atoms with E-state index in [2.05, 4.69) is 9.71 Å². The number of furan rings is 1. The first-order chi connectivity index (χ1) is 15.2. The number of anilines is 1. The number of aromatic nitrogens is 1. The Labute approximate surface area is 190 Å². The first-order valence-electron chi connectivity index (χ1n) is 9.71. The van der Waals surface area contributed by atoms with Crippen molar-refractivity contribution in [2.45, 2.75) is 24.8 Å². The topological polar surface area (TPSA) is 98.5 Å². The fraction of sp³-hybridized carbons (Fsp3) is 0.130. The van der Waals surface area contributed by atoms with Gasteiger partial charge in [-0.25, -0.2) is 13.4 Å². The summed E-state index contributed by atoms with van der Waals surface area (Å²) in [6, 6.07) is 16.0. The summed E-state index contributed by atoms with van der Waals surface area (Å²) in [6.45, 7) is 3.75. The summed E-state index contributed by atoms with van der Waals surface area (Å²) >= 11 is 6.04. The van der Waals surface area contributed by atoms with Crippen molar-refractivity contribution in [3.63, 3.8) is 0 Å². The number of fused-ring (bicyclic) bond motifs is 1. The number of pyridine rings is 1. The third-order valence-electron chi connectivity index (χ3n) is 4.49. The highest BCUT2D eigenvalue weighted by Gasteiger charge is 2.23. The number of hydrogen-bond donors (Lipinski definition) is 1. The molecule has 0 fully saturated rings. The lowest BCUT2D eigenvalue weighted by atomic mass is 10.1. The minimum absolute atomic E-state index is 0.00695. The van der Waals surface area contributed by atoms with Crippen LogP contribution in [-0.2, 0) is 10.0 Å². The van der Waals surface area contributed by atoms with Crippen LogP contribution in [0.4, 0.5) is 5.82 Å². The number of ether oxygens (including phenoxy) is 1. The van der Waals surface area contributed by atoms with Gasteiger partial charge in [-0.15, -0.1) is 0 Å². The van der Waals surface area contributed by atoms with Crippen LogP contribution < -0.4 is 9.46 Å². The summed E-state index contributed by atoms with van der Waals surface area (Å²) in [5.74, 6) is -0.104. The number of carbonyl (C=O) groups is 1. The predicted molar refractivity (Wildman–Crippen MR) is 122 cm³/mol. The maximum absolute atomic E-state index is 13.1. The van der Waals surface area contributed by atoms with Gasteiger partial charge in [0.1, 0.15) is 11.3 Å². The van der Waals surface area contributed by atoms with E-state index in [4.69, 9.17) is 20.8 Å². The molecular formula is C23H19ClN2O5S. The molecule has 0 aliphatic heterocycles. The molecule has 4 aromatic rings. The van der Waals surface area contributed by atoms with Gasteiger partial charge in [0.2, 0.25) is 5.78 Å². The summed E-state index contributed by atoms with van der Waals surface area (Å²) in [5.41, 5.74) is 0.511. The molecule has 0 radical (unpaired) electrons. The Balaban J connectivity index is 1.66. The smallest absolute Gasteiger partial charge is 0.263 e. The first-order valence-corrected chi connectivity index (χ1v) is 11.6. The van der Waals surface area contributed by atoms with E-state index in [9.17, 15) is 13.2 Å². The van der Waals surface area contributed by atoms with Gasteiger partial charge in [0.05, 0.1) is 21.6 Å². The Kier molecular flexibility index (Phi) is 5.90. The number of para-hydroxylation sites is 1. The molecule has 32 heavy (non-hydrogen) atoms. The Morgan fingerprint density at radius 3 is 2.50 bits per heavy atom. The molecule has 2 aromatic heterocycles. The summed E-state index contributed by atoms with van der Waals surface area (Å²) < 4.78 is 39.4. The van der Waals surface area contributed by atoms with Crippen LogP contribution in [0.15, 0.2) is 76.2 Å². The fourth-order valence-corrected chi connectivity index (χ4v) is 4.26. The predicted octanol–water partition coefficient (Wildman–Crippen LogP) is 5.30. The zero-order chi connectivity index (χ0) is 22.9. The van der Waals surface area contributed by atoms with E-state index in [1.165, 1.54) is 24.4 Å². The van der Waals surface area contributed by atoms with Crippen LogP contribution in [0.2, 0.25) is 5.02 Å². The molecule has 0 amide bonds. The molecule has 7 nitrogen and oxygen atoms in total. The van der Waals surface area contributed by atoms with Gasteiger partial charge in [0.15, 0.2) is 11.6 Å². The van der Waals surface area contributed by atoms with Crippen LogP contribution >= 0.6 is 11.6 Å². The molecule has 2 heterocycles. The van der Waals surface area contributed by atoms with E-state index >= 15 is 0 Å². The van der Waals surface area contributed by atoms with E-state index in [1.807, 2.05) is 26.0 Å². The zero-order valence-corrected chi connectivity index (χ0v) is 18.8. The van der Waals surface area contributed by atoms with Crippen molar-refractivity contribution in [1.29, 1.82) is 0 Å². The highest BCUT2D eigenvalue weighted by molar-refractivity contribution is 7.92. The van der Waals surface area contributed by atoms with Gasteiger partial charge in [-0.2, -0.15) is 0 Å². The second-order valence-electron chi connectivity index (χ2n) is 7.27. The third-order valence-corrected chi connectivity index (χ3v) is 6.05. The normalized spacial score (nSPS) is 11.6. The molecule has 0 unspecified atom stereocenters. The average Bonchev–Trinajstić information content (AvgIpc) is 3.18. The molecule has 0 bridgehead atoms. The van der Waals surface area contributed by atoms with E-state index in [1.54, 1.807) is 30.3 Å². The molecule has 0 atom stereocenters. The summed E-state index contributed by atoms with van der Waals surface area (Å²) in [6.07, 6.45) is 1.22. The standard InChI is InChI=1S/C23H19ClN2O5S/c1-14(2)30-17-7-9-18(10-8-17)32(28,29)26-23-19(12-16(24)13-25-23)22(27)21-11-15-5-3-4-6-20(15)31-21/h3-14H,1-2H3,(H,25,26). The molecule has 1 N–H and O–H groups in total. The molecule has 0 saturated heterocycles. The van der Waals surface area contributed by atoms with Gasteiger partial charge in [0, 0.05) is 11.6 Å². The van der Waals surface area contributed by atoms with Crippen LogP contribution in [0.3, 0.4) is 0 Å². The largest absolute Gasteiger partial charge is 0.491 e. The molecule has 0 aliphatic rings. The maximum Gasteiger partial charge on any atom is 0.263 e. The van der Waals surface area contributed by atoms with Crippen molar-refractivity contribution in [2.75, 3.05) is 4.72 Å². The molecule has 4 rings (SSSR count). The van der Waals surface area contributed by atoms with E-state index in [0.29, 0.717) is 11.3 Å². The van der Waals surface area contributed by atoms with Gasteiger partial charge in [-0.1, -0.05) is 29.8 Å². The van der Waals surface area contributed by atoms with Crippen molar-refractivity contribution in [3.8, 4) is 5.75 Å². The fourth-order valence-electron chi connectivity index (χ4n) is 3.08. The van der Waals surface area contributed by atoms with E-state index < -0.39 is 15.8 Å². The molecule has 0 aliphatic carbocycles. The van der Waals surface area contributed by atoms with Crippen LogP contribution in [0.5, 0.6) is 5.75 Å². The van der Waals surface area contributed by atoms with Gasteiger partial charge >= 0.3 is 0 Å². The summed E-state index contributed by atoms with van der Waals surface area (Å²) in [5, 5.41) is 0.930. The second kappa shape index (κ2) is 8.64. The lowest BCUT2D eigenvalue weighted by molar-refractivity contribution is 0.101. The van der Waals surface area contributed by atoms with Crippen molar-refractivity contribution < 1.29 is 22.4 Å². The van der Waals surface area contributed by atoms with Crippen LogP contribution in [0.25, 0.3) is 11.0 Å². The molecule has 2 aromatic carbocycles. The quantitative estimate of drug-likeness (QED) is 0.368. The SMILES string of the molecule is CC(C)Oc1ccc(S(=O)(=O)Nc2ncc(Cl)cc2C(=O)c2cc3ccccc3o2)cc1. The number of nitrogens with zero attached hydrogens (tertiary/aromatic N) is 1. The minimum Gasteiger partial charge on any atom is -0.491 e. The van der Waals surface area contributed by atoms with Crippen molar-refractivity contribution in [1.82, 2.24) is 4.98 Å². The highest BCUT2D eigenvalue weighted by Crippen LogP contribution is 2.27. The van der Waals surface area contributed by atoms with Gasteiger partial charge < -0.3 is 9.15 Å². The number of hydrogen-bond acceptors (Lipinski definition) is 6. The number of halogens is 1. The first kappa shape index (κ1) is 21.9. The highest BCUT2D eigenvalue weighted by atomic mass is 35.5. The molecule has 0 saturated carbocycles. The monoisotopic (exact) mass is 470 g/mol. The Morgan fingerprint density at radius 2 is 1.81 bits per heavy atom. The summed E-state index contributed by atoms with van der Waals surface area (Å²) in [7, 11) is -4.03. The van der Waals surface area contributed by atoms with Gasteiger partial charge in [-0.05, 0) is 56.3 Å². The van der Waals surface area contributed by atoms with Crippen LogP contribution in [0, 0.1) is 0 Å². The lowest BCUT2D eigenvalue weighted by Gasteiger charge is -2.12. The van der Waals surface area contributed by atoms with Crippen LogP contribution in [-0.4, -0.2) is 25.3 Å². The number of benzene rings is 2. The van der Waals surface area contributed by atoms with E-state index in [-0.39, 0.29) is 33.2 Å². The number of rotatable bonds is 7. The number of sulfonamides is 1. The number of carbonyl (C=O) groups excluding carboxylic acids is 1. The zero-order valence-electron chi connectivity index (χ0n) is 17.2. The number of nitrogens with one attached hydrogen (secondary N) is 1. The Hall–Kier alpha value is -3.36. The molecule has 0 spiro atoms. The molecule has 9 heteroatoms. The van der Waals surface area contributed by atoms with Crippen molar-refractivity contribution in [2.24, 2.45) is 0 Å². The molecular weight excluding hydrogens is 452 g/mol. The summed E-state index contributed by atoms with van der Waals surface area (Å²) in [4.78, 5) is 17.1. The Bertz CT molecular complexity index is 1360. The second-order valence-corrected chi connectivity index (χ2v) is 9.39. The van der Waals surface area contributed by atoms with E-state index in [0.717, 1.165) is 5.39 Å². The third kappa shape index (κ3) is 4.61. The Morgan fingerprint density at radius 1 is 1.09 bits per heavy atom. The average molecular weight is 471 g/mol. The minimum atomic E-state index is -4.03.